The monoisotopic (exact) mass is 282 g/mol. The summed E-state index contributed by atoms with van der Waals surface area (Å²) in [5.74, 6) is -0.986. The van der Waals surface area contributed by atoms with E-state index in [1.807, 2.05) is 6.92 Å². The Morgan fingerprint density at radius 2 is 2.19 bits per heavy atom. The van der Waals surface area contributed by atoms with Gasteiger partial charge in [-0.2, -0.15) is 5.11 Å². The maximum absolute atomic E-state index is 11.0. The van der Waals surface area contributed by atoms with E-state index >= 15 is 0 Å². The number of carboxylic acid groups (broad SMARTS) is 1. The smallest absolute Gasteiger partial charge is 0.335 e. The Hall–Kier alpha value is -3.02. The zero-order valence-electron chi connectivity index (χ0n) is 11.4. The second-order valence-corrected chi connectivity index (χ2v) is 4.36. The van der Waals surface area contributed by atoms with E-state index in [-0.39, 0.29) is 5.56 Å². The lowest BCUT2D eigenvalue weighted by molar-refractivity contribution is 0.0697. The average molecular weight is 282 g/mol. The Kier molecular flexibility index (Phi) is 4.40. The lowest BCUT2D eigenvalue weighted by atomic mass is 10.1. The first-order valence-corrected chi connectivity index (χ1v) is 6.20. The van der Waals surface area contributed by atoms with E-state index in [0.29, 0.717) is 16.9 Å². The van der Waals surface area contributed by atoms with Crippen LogP contribution in [-0.2, 0) is 0 Å². The maximum Gasteiger partial charge on any atom is 0.335 e. The highest BCUT2D eigenvalue weighted by Gasteiger charge is 2.06. The van der Waals surface area contributed by atoms with Gasteiger partial charge in [-0.25, -0.2) is 10.3 Å². The number of nitrogens with one attached hydrogen (secondary N) is 2. The van der Waals surface area contributed by atoms with Crippen LogP contribution in [0.5, 0.6) is 0 Å². The molecule has 0 saturated carbocycles. The summed E-state index contributed by atoms with van der Waals surface area (Å²) >= 11 is 0. The third-order valence-corrected chi connectivity index (χ3v) is 2.93. The lowest BCUT2D eigenvalue weighted by Gasteiger charge is -2.08. The molecule has 21 heavy (non-hydrogen) atoms. The van der Waals surface area contributed by atoms with E-state index in [0.717, 1.165) is 5.56 Å². The van der Waals surface area contributed by atoms with Crippen LogP contribution in [0.2, 0.25) is 0 Å². The van der Waals surface area contributed by atoms with Crippen LogP contribution >= 0.6 is 0 Å². The minimum Gasteiger partial charge on any atom is -0.478 e. The third kappa shape index (κ3) is 3.50. The number of hydrogen-bond acceptors (Lipinski definition) is 5. The molecule has 1 aromatic heterocycles. The fraction of sp³-hybridized carbons (Fsp3) is 0.0667. The number of benzene rings is 1. The number of hydrogen-bond donors (Lipinski definition) is 3. The number of aromatic nitrogens is 1. The molecule has 0 amide bonds. The van der Waals surface area contributed by atoms with Crippen molar-refractivity contribution in [3.8, 4) is 0 Å². The highest BCUT2D eigenvalue weighted by Crippen LogP contribution is 2.19. The molecule has 0 aliphatic rings. The van der Waals surface area contributed by atoms with Gasteiger partial charge in [0.15, 0.2) is 0 Å². The molecule has 0 bridgehead atoms. The van der Waals surface area contributed by atoms with Crippen LogP contribution in [-0.4, -0.2) is 16.1 Å². The normalized spacial score (nSPS) is 11.0. The number of aromatic carboxylic acids is 1. The van der Waals surface area contributed by atoms with Gasteiger partial charge in [0.25, 0.3) is 0 Å². The molecule has 6 heteroatoms. The summed E-state index contributed by atoms with van der Waals surface area (Å²) < 4.78 is 0. The first kappa shape index (κ1) is 14.4. The van der Waals surface area contributed by atoms with Crippen LogP contribution in [0.4, 0.5) is 5.69 Å². The van der Waals surface area contributed by atoms with Crippen molar-refractivity contribution in [1.29, 1.82) is 5.53 Å². The van der Waals surface area contributed by atoms with E-state index in [9.17, 15) is 4.79 Å². The van der Waals surface area contributed by atoms with Crippen LogP contribution in [0.15, 0.2) is 54.0 Å². The van der Waals surface area contributed by atoms with Gasteiger partial charge >= 0.3 is 5.97 Å². The molecule has 6 nitrogen and oxygen atoms in total. The number of carboxylic acids is 1. The number of carbonyl (C=O) groups is 1. The summed E-state index contributed by atoms with van der Waals surface area (Å²) in [4.78, 5) is 15.0. The summed E-state index contributed by atoms with van der Waals surface area (Å²) in [5, 5.41) is 15.4. The number of aryl methyl sites for hydroxylation is 1. The van der Waals surface area contributed by atoms with Crippen molar-refractivity contribution in [2.24, 2.45) is 5.11 Å². The molecular weight excluding hydrogens is 268 g/mol. The minimum atomic E-state index is -0.986. The fourth-order valence-corrected chi connectivity index (χ4v) is 1.75. The summed E-state index contributed by atoms with van der Waals surface area (Å²) in [6, 6.07) is 8.35. The number of pyridine rings is 1. The van der Waals surface area contributed by atoms with E-state index < -0.39 is 5.97 Å². The van der Waals surface area contributed by atoms with Gasteiger partial charge < -0.3 is 10.4 Å². The molecule has 2 aromatic rings. The van der Waals surface area contributed by atoms with Gasteiger partial charge in [0.1, 0.15) is 5.70 Å². The molecule has 1 heterocycles. The predicted octanol–water partition coefficient (Wildman–Crippen LogP) is 3.53. The summed E-state index contributed by atoms with van der Waals surface area (Å²) in [5.41, 5.74) is 10.1. The number of nitrogens with zero attached hydrogens (tertiary/aromatic N) is 2. The number of rotatable bonds is 5. The molecule has 0 aliphatic heterocycles. The number of anilines is 1. The topological polar surface area (TPSA) is 98.4 Å². The first-order chi connectivity index (χ1) is 10.1. The Labute approximate surface area is 121 Å². The van der Waals surface area contributed by atoms with Crippen molar-refractivity contribution in [1.82, 2.24) is 4.98 Å². The largest absolute Gasteiger partial charge is 0.478 e. The van der Waals surface area contributed by atoms with Gasteiger partial charge in [0, 0.05) is 29.8 Å². The highest BCUT2D eigenvalue weighted by molar-refractivity contribution is 5.89. The Balaban J connectivity index is 2.29. The third-order valence-electron chi connectivity index (χ3n) is 2.93. The summed E-state index contributed by atoms with van der Waals surface area (Å²) in [6.07, 6.45) is 4.79. The quantitative estimate of drug-likeness (QED) is 0.730. The SMILES string of the molecule is Cc1ccc(C(=O)O)cc1N/C=C(\N=N)c1cccnc1. The van der Waals surface area contributed by atoms with Crippen molar-refractivity contribution in [3.05, 3.63) is 65.6 Å². The van der Waals surface area contributed by atoms with E-state index in [1.165, 1.54) is 0 Å². The molecule has 3 N–H and O–H groups in total. The summed E-state index contributed by atoms with van der Waals surface area (Å²) in [7, 11) is 0. The molecule has 0 saturated heterocycles. The molecule has 0 aliphatic carbocycles. The van der Waals surface area contributed by atoms with Crippen LogP contribution in [0.3, 0.4) is 0 Å². The second-order valence-electron chi connectivity index (χ2n) is 4.36. The highest BCUT2D eigenvalue weighted by atomic mass is 16.4. The lowest BCUT2D eigenvalue weighted by Crippen LogP contribution is -1.99. The zero-order chi connectivity index (χ0) is 15.2. The fourth-order valence-electron chi connectivity index (χ4n) is 1.75. The van der Waals surface area contributed by atoms with E-state index in [4.69, 9.17) is 10.6 Å². The van der Waals surface area contributed by atoms with Crippen LogP contribution in [0, 0.1) is 12.5 Å². The Morgan fingerprint density at radius 1 is 1.38 bits per heavy atom. The molecule has 0 spiro atoms. The molecule has 106 valence electrons. The summed E-state index contributed by atoms with van der Waals surface area (Å²) in [6.45, 7) is 1.86. The van der Waals surface area contributed by atoms with Crippen molar-refractivity contribution >= 4 is 17.4 Å². The molecule has 0 atom stereocenters. The van der Waals surface area contributed by atoms with Gasteiger partial charge in [0.05, 0.1) is 5.56 Å². The second kappa shape index (κ2) is 6.42. The van der Waals surface area contributed by atoms with Crippen molar-refractivity contribution in [3.63, 3.8) is 0 Å². The predicted molar refractivity (Wildman–Crippen MR) is 79.1 cm³/mol. The van der Waals surface area contributed by atoms with Gasteiger partial charge in [-0.15, -0.1) is 0 Å². The minimum absolute atomic E-state index is 0.197. The first-order valence-electron chi connectivity index (χ1n) is 6.20. The van der Waals surface area contributed by atoms with Gasteiger partial charge in [-0.05, 0) is 36.8 Å². The van der Waals surface area contributed by atoms with Crippen LogP contribution in [0.1, 0.15) is 21.5 Å². The van der Waals surface area contributed by atoms with Crippen molar-refractivity contribution in [2.75, 3.05) is 5.32 Å². The zero-order valence-corrected chi connectivity index (χ0v) is 11.4. The molecule has 0 fully saturated rings. The van der Waals surface area contributed by atoms with Crippen LogP contribution < -0.4 is 5.32 Å². The molecule has 0 radical (unpaired) electrons. The Bertz CT molecular complexity index is 696. The van der Waals surface area contributed by atoms with E-state index in [1.54, 1.807) is 48.9 Å². The van der Waals surface area contributed by atoms with Crippen molar-refractivity contribution in [2.45, 2.75) is 6.92 Å². The average Bonchev–Trinajstić information content (AvgIpc) is 2.50. The van der Waals surface area contributed by atoms with E-state index in [2.05, 4.69) is 15.4 Å². The molecule has 0 unspecified atom stereocenters. The maximum atomic E-state index is 11.0. The van der Waals surface area contributed by atoms with Gasteiger partial charge in [-0.1, -0.05) is 6.07 Å². The van der Waals surface area contributed by atoms with Gasteiger partial charge in [-0.3, -0.25) is 4.98 Å². The molecular formula is C15H14N4O2. The van der Waals surface area contributed by atoms with Crippen molar-refractivity contribution < 1.29 is 9.90 Å². The van der Waals surface area contributed by atoms with Gasteiger partial charge in [0.2, 0.25) is 0 Å². The standard InChI is InChI=1S/C15H14N4O2/c1-10-4-5-11(15(20)21)7-13(10)18-9-14(19-16)12-3-2-6-17-8-12/h2-9,16,18H,1H3,(H,20,21)/b14-9-,19-16?. The molecule has 1 aromatic carbocycles. The van der Waals surface area contributed by atoms with Crippen LogP contribution in [0.25, 0.3) is 5.70 Å². The Morgan fingerprint density at radius 3 is 2.81 bits per heavy atom. The molecule has 2 rings (SSSR count).